The summed E-state index contributed by atoms with van der Waals surface area (Å²) < 4.78 is 10.1. The summed E-state index contributed by atoms with van der Waals surface area (Å²) in [5, 5.41) is 15.2. The fraction of sp³-hybridized carbons (Fsp3) is 0.500. The van der Waals surface area contributed by atoms with Crippen LogP contribution in [0.5, 0.6) is 0 Å². The van der Waals surface area contributed by atoms with Crippen molar-refractivity contribution >= 4 is 63.7 Å². The van der Waals surface area contributed by atoms with Crippen LogP contribution in [-0.4, -0.2) is 63.4 Å². The summed E-state index contributed by atoms with van der Waals surface area (Å²) in [5.74, 6) is -2.65. The Balaban J connectivity index is 1.73. The summed E-state index contributed by atoms with van der Waals surface area (Å²) in [6.45, 7) is 4.26. The van der Waals surface area contributed by atoms with Crippen LogP contribution in [-0.2, 0) is 28.7 Å². The van der Waals surface area contributed by atoms with Gasteiger partial charge in [-0.15, -0.1) is 39.8 Å². The molecule has 0 bridgehead atoms. The molecule has 0 saturated carbocycles. The first-order valence-corrected chi connectivity index (χ1v) is 13.3. The van der Waals surface area contributed by atoms with Crippen molar-refractivity contribution in [3.8, 4) is 6.07 Å². The highest BCUT2D eigenvalue weighted by Crippen LogP contribution is 2.44. The molecule has 36 heavy (non-hydrogen) atoms. The number of anilines is 1. The summed E-state index contributed by atoms with van der Waals surface area (Å²) in [6, 6.07) is -0.569. The van der Waals surface area contributed by atoms with E-state index in [1.807, 2.05) is 6.07 Å². The Morgan fingerprint density at radius 2 is 2.14 bits per heavy atom. The number of nitrogen functional groups attached to an aromatic ring is 1. The van der Waals surface area contributed by atoms with Crippen LogP contribution < -0.4 is 11.1 Å². The number of ether oxygens (including phenoxy) is 2. The normalized spacial score (nSPS) is 19.9. The average Bonchev–Trinajstić information content (AvgIpc) is 3.25. The second-order valence-electron chi connectivity index (χ2n) is 8.46. The number of carbonyl (C=O) groups excluding carboxylic acids is 4. The van der Waals surface area contributed by atoms with Gasteiger partial charge in [0.05, 0.1) is 22.9 Å². The van der Waals surface area contributed by atoms with E-state index in [9.17, 15) is 24.1 Å². The summed E-state index contributed by atoms with van der Waals surface area (Å²) in [5.41, 5.74) is 4.73. The molecule has 1 unspecified atom stereocenters. The SMILES string of the molecule is CC(C)(C)C(=O)OCOC(=O)C1=C(SCC#N)CS[C@H]2[C@H](NC(=O)C(N=O)c3csc(N)n3)C(=O)N12. The number of thiazole rings is 1. The Bertz CT molecular complexity index is 1160. The molecule has 0 radical (unpaired) electrons. The van der Waals surface area contributed by atoms with Crippen molar-refractivity contribution in [2.75, 3.05) is 24.0 Å². The third-order valence-corrected chi connectivity index (χ3v) is 8.02. The number of nitroso groups, excluding NO2 is 1. The van der Waals surface area contributed by atoms with Crippen molar-refractivity contribution in [2.45, 2.75) is 38.2 Å². The molecule has 16 heteroatoms. The lowest BCUT2D eigenvalue weighted by Gasteiger charge is -2.49. The van der Waals surface area contributed by atoms with Crippen molar-refractivity contribution in [3.05, 3.63) is 26.6 Å². The molecule has 1 saturated heterocycles. The maximum atomic E-state index is 13.0. The number of nitrogens with zero attached hydrogens (tertiary/aromatic N) is 4. The van der Waals surface area contributed by atoms with Crippen molar-refractivity contribution in [2.24, 2.45) is 10.6 Å². The zero-order valence-corrected chi connectivity index (χ0v) is 21.8. The minimum Gasteiger partial charge on any atom is -0.427 e. The second kappa shape index (κ2) is 11.3. The van der Waals surface area contributed by atoms with Gasteiger partial charge in [-0.1, -0.05) is 0 Å². The van der Waals surface area contributed by atoms with Gasteiger partial charge in [0.25, 0.3) is 11.8 Å². The van der Waals surface area contributed by atoms with E-state index in [1.54, 1.807) is 20.8 Å². The molecule has 0 aliphatic carbocycles. The molecule has 3 atom stereocenters. The van der Waals surface area contributed by atoms with Crippen LogP contribution in [0.15, 0.2) is 21.2 Å². The Kier molecular flexibility index (Phi) is 8.59. The molecule has 3 N–H and O–H groups in total. The van der Waals surface area contributed by atoms with Gasteiger partial charge in [0.1, 0.15) is 17.1 Å². The summed E-state index contributed by atoms with van der Waals surface area (Å²) >= 11 is 3.38. The quantitative estimate of drug-likeness (QED) is 0.193. The number of hydrogen-bond acceptors (Lipinski definition) is 14. The van der Waals surface area contributed by atoms with Crippen LogP contribution in [0.3, 0.4) is 0 Å². The zero-order chi connectivity index (χ0) is 26.6. The topological polar surface area (TPSA) is 194 Å². The number of carbonyl (C=O) groups is 4. The highest BCUT2D eigenvalue weighted by molar-refractivity contribution is 8.06. The van der Waals surface area contributed by atoms with E-state index in [0.717, 1.165) is 28.0 Å². The smallest absolute Gasteiger partial charge is 0.358 e. The average molecular weight is 555 g/mol. The van der Waals surface area contributed by atoms with E-state index in [2.05, 4.69) is 15.5 Å². The van der Waals surface area contributed by atoms with E-state index >= 15 is 0 Å². The lowest BCUT2D eigenvalue weighted by Crippen LogP contribution is -2.70. The number of fused-ring (bicyclic) bond motifs is 1. The molecule has 3 rings (SSSR count). The maximum Gasteiger partial charge on any atom is 0.358 e. The summed E-state index contributed by atoms with van der Waals surface area (Å²) in [4.78, 5) is 67.2. The number of aromatic nitrogens is 1. The summed E-state index contributed by atoms with van der Waals surface area (Å²) in [6.07, 6.45) is 0. The fourth-order valence-corrected chi connectivity index (χ4v) is 6.00. The molecular formula is C20H22N6O7S3. The number of esters is 2. The first-order chi connectivity index (χ1) is 17.0. The van der Waals surface area contributed by atoms with Crippen LogP contribution in [0.1, 0.15) is 32.5 Å². The molecule has 1 aromatic heterocycles. The number of thioether (sulfide) groups is 2. The number of nitrogens with two attached hydrogens (primary N) is 1. The van der Waals surface area contributed by atoms with E-state index in [1.165, 1.54) is 17.1 Å². The predicted octanol–water partition coefficient (Wildman–Crippen LogP) is 1.49. The zero-order valence-electron chi connectivity index (χ0n) is 19.4. The lowest BCUT2D eigenvalue weighted by atomic mass is 9.98. The number of nitriles is 1. The van der Waals surface area contributed by atoms with Crippen LogP contribution in [0, 0.1) is 21.7 Å². The third kappa shape index (κ3) is 5.79. The predicted molar refractivity (Wildman–Crippen MR) is 132 cm³/mol. The van der Waals surface area contributed by atoms with Crippen LogP contribution in [0.25, 0.3) is 0 Å². The van der Waals surface area contributed by atoms with Gasteiger partial charge < -0.3 is 20.5 Å². The minimum absolute atomic E-state index is 0.0298. The van der Waals surface area contributed by atoms with Crippen LogP contribution in [0.4, 0.5) is 5.13 Å². The molecule has 2 aliphatic heterocycles. The van der Waals surface area contributed by atoms with Crippen LogP contribution >= 0.6 is 34.9 Å². The number of hydrogen-bond donors (Lipinski definition) is 2. The van der Waals surface area contributed by atoms with E-state index in [0.29, 0.717) is 4.91 Å². The minimum atomic E-state index is -1.49. The monoisotopic (exact) mass is 554 g/mol. The number of nitrogens with one attached hydrogen (secondary N) is 1. The van der Waals surface area contributed by atoms with E-state index in [4.69, 9.17) is 20.5 Å². The largest absolute Gasteiger partial charge is 0.427 e. The maximum absolute atomic E-state index is 13.0. The van der Waals surface area contributed by atoms with Crippen molar-refractivity contribution in [3.63, 3.8) is 0 Å². The van der Waals surface area contributed by atoms with Crippen molar-refractivity contribution in [1.29, 1.82) is 5.26 Å². The van der Waals surface area contributed by atoms with Gasteiger partial charge in [-0.05, 0) is 25.9 Å². The first-order valence-electron chi connectivity index (χ1n) is 10.3. The lowest BCUT2D eigenvalue weighted by molar-refractivity contribution is -0.173. The molecule has 13 nitrogen and oxygen atoms in total. The molecule has 0 spiro atoms. The van der Waals surface area contributed by atoms with E-state index < -0.39 is 53.4 Å². The third-order valence-electron chi connectivity index (χ3n) is 4.90. The molecular weight excluding hydrogens is 532 g/mol. The molecule has 3 heterocycles. The van der Waals surface area contributed by atoms with Gasteiger partial charge >= 0.3 is 11.9 Å². The van der Waals surface area contributed by atoms with Crippen LogP contribution in [0.2, 0.25) is 0 Å². The Labute approximate surface area is 218 Å². The van der Waals surface area contributed by atoms with Gasteiger partial charge in [-0.3, -0.25) is 19.3 Å². The highest BCUT2D eigenvalue weighted by Gasteiger charge is 2.55. The van der Waals surface area contributed by atoms with Gasteiger partial charge in [0, 0.05) is 16.0 Å². The second-order valence-corrected chi connectivity index (χ2v) is 11.5. The highest BCUT2D eigenvalue weighted by atomic mass is 32.2. The van der Waals surface area contributed by atoms with Gasteiger partial charge in [-0.25, -0.2) is 9.78 Å². The fourth-order valence-electron chi connectivity index (χ4n) is 3.13. The first kappa shape index (κ1) is 27.4. The van der Waals surface area contributed by atoms with Crippen molar-refractivity contribution < 1.29 is 28.7 Å². The molecule has 192 valence electrons. The molecule has 2 amide bonds. The van der Waals surface area contributed by atoms with Crippen molar-refractivity contribution in [1.82, 2.24) is 15.2 Å². The molecule has 1 fully saturated rings. The van der Waals surface area contributed by atoms with Gasteiger partial charge in [0.15, 0.2) is 5.13 Å². The van der Waals surface area contributed by atoms with E-state index in [-0.39, 0.29) is 28.0 Å². The Morgan fingerprint density at radius 3 is 2.72 bits per heavy atom. The molecule has 2 aliphatic rings. The standard InChI is InChI=1S/C20H22N6O7S3/c1-20(2,3)18(30)33-8-32-17(29)13-10(34-5-4-21)7-35-16-12(15(28)26(13)16)24-14(27)11(25-31)9-6-36-19(22)23-9/h6,11-12,16H,5,7-8H2,1-3H3,(H2,22,23)(H,24,27)/t11?,12-,16+/m1/s1. The van der Waals surface area contributed by atoms with Gasteiger partial charge in [-0.2, -0.15) is 5.26 Å². The Morgan fingerprint density at radius 1 is 1.42 bits per heavy atom. The molecule has 0 aromatic carbocycles. The number of amides is 2. The molecule has 1 aromatic rings. The summed E-state index contributed by atoms with van der Waals surface area (Å²) in [7, 11) is 0. The number of rotatable bonds is 9. The number of β-lactam (4-membered cyclic amide) rings is 1. The van der Waals surface area contributed by atoms with Gasteiger partial charge in [0.2, 0.25) is 12.8 Å². The Hall–Kier alpha value is -3.16.